The molecule has 0 aliphatic heterocycles. The zero-order valence-corrected chi connectivity index (χ0v) is 18.9. The molecule has 160 valence electrons. The number of carbonyl (C=O) groups excluding carboxylic acids is 1. The zero-order valence-electron chi connectivity index (χ0n) is 18.0. The van der Waals surface area contributed by atoms with E-state index >= 15 is 0 Å². The summed E-state index contributed by atoms with van der Waals surface area (Å²) in [5, 5.41) is 5.57. The van der Waals surface area contributed by atoms with Crippen molar-refractivity contribution in [2.45, 2.75) is 38.7 Å². The first-order valence-corrected chi connectivity index (χ1v) is 11.4. The molecule has 3 unspecified atom stereocenters. The quantitative estimate of drug-likeness (QED) is 0.636. The van der Waals surface area contributed by atoms with Crippen molar-refractivity contribution in [2.75, 3.05) is 12.4 Å². The van der Waals surface area contributed by atoms with Gasteiger partial charge < -0.3 is 4.74 Å². The molecule has 1 N–H and O–H groups in total. The van der Waals surface area contributed by atoms with Crippen LogP contribution in [-0.4, -0.2) is 29.1 Å². The first kappa shape index (κ1) is 21.4. The molecule has 0 aromatic carbocycles. The molecular formula is C25H27N3O2S. The van der Waals surface area contributed by atoms with Gasteiger partial charge in [-0.15, -0.1) is 11.3 Å². The maximum absolute atomic E-state index is 12.4. The zero-order chi connectivity index (χ0) is 21.8. The third-order valence-corrected chi connectivity index (χ3v) is 6.53. The fraction of sp³-hybridized carbons (Fsp3) is 0.320. The normalized spacial score (nSPS) is 23.1. The fourth-order valence-corrected chi connectivity index (χ4v) is 4.98. The Morgan fingerprint density at radius 2 is 2.10 bits per heavy atom. The third-order valence-electron chi connectivity index (χ3n) is 5.76. The van der Waals surface area contributed by atoms with Gasteiger partial charge in [-0.05, 0) is 49.0 Å². The van der Waals surface area contributed by atoms with E-state index in [1.165, 1.54) is 28.1 Å². The Morgan fingerprint density at radius 1 is 1.29 bits per heavy atom. The Balaban J connectivity index is 1.42. The Bertz CT molecular complexity index is 1070. The van der Waals surface area contributed by atoms with Crippen molar-refractivity contribution in [1.82, 2.24) is 9.97 Å². The smallest absolute Gasteiger partial charge is 0.257 e. The highest BCUT2D eigenvalue weighted by Gasteiger charge is 2.26. The van der Waals surface area contributed by atoms with Crippen molar-refractivity contribution < 1.29 is 9.53 Å². The summed E-state index contributed by atoms with van der Waals surface area (Å²) in [6.07, 6.45) is 16.5. The van der Waals surface area contributed by atoms with Gasteiger partial charge in [-0.25, -0.2) is 4.98 Å². The lowest BCUT2D eigenvalue weighted by molar-refractivity contribution is 0.102. The average molecular weight is 434 g/mol. The number of hydrogen-bond acceptors (Lipinski definition) is 5. The lowest BCUT2D eigenvalue weighted by atomic mass is 9.78. The number of allylic oxidation sites excluding steroid dienone is 6. The number of carbonyl (C=O) groups is 1. The second-order valence-corrected chi connectivity index (χ2v) is 8.92. The van der Waals surface area contributed by atoms with E-state index in [4.69, 9.17) is 9.72 Å². The van der Waals surface area contributed by atoms with Crippen LogP contribution in [0.25, 0.3) is 0 Å². The molecule has 0 saturated heterocycles. The van der Waals surface area contributed by atoms with E-state index in [1.807, 2.05) is 0 Å². The van der Waals surface area contributed by atoms with Crippen LogP contribution in [0.5, 0.6) is 0 Å². The number of hydrogen-bond donors (Lipinski definition) is 1. The van der Waals surface area contributed by atoms with E-state index in [9.17, 15) is 4.79 Å². The van der Waals surface area contributed by atoms with E-state index in [-0.39, 0.29) is 17.9 Å². The molecule has 2 aromatic heterocycles. The SMILES string of the molecule is COC1C=CC(CC2=CC(C)C(c3csc(NC(=O)c4ccncc4)n3)C(C)=C2)=CC1. The van der Waals surface area contributed by atoms with Crippen molar-refractivity contribution in [1.29, 1.82) is 0 Å². The third kappa shape index (κ3) is 5.09. The molecule has 4 rings (SSSR count). The molecule has 1 amide bonds. The number of rotatable bonds is 6. The van der Waals surface area contributed by atoms with Gasteiger partial charge in [0.15, 0.2) is 5.13 Å². The molecule has 2 aliphatic carbocycles. The molecule has 0 spiro atoms. The minimum Gasteiger partial charge on any atom is -0.377 e. The largest absolute Gasteiger partial charge is 0.377 e. The van der Waals surface area contributed by atoms with Gasteiger partial charge in [0.05, 0.1) is 11.8 Å². The van der Waals surface area contributed by atoms with Gasteiger partial charge in [0.1, 0.15) is 0 Å². The predicted octanol–water partition coefficient (Wildman–Crippen LogP) is 5.69. The van der Waals surface area contributed by atoms with E-state index in [1.54, 1.807) is 31.6 Å². The van der Waals surface area contributed by atoms with Crippen molar-refractivity contribution in [3.8, 4) is 0 Å². The van der Waals surface area contributed by atoms with Crippen molar-refractivity contribution >= 4 is 22.4 Å². The van der Waals surface area contributed by atoms with Crippen LogP contribution in [0, 0.1) is 5.92 Å². The molecule has 3 atom stereocenters. The number of pyridine rings is 1. The topological polar surface area (TPSA) is 64.1 Å². The van der Waals surface area contributed by atoms with Crippen molar-refractivity contribution in [2.24, 2.45) is 5.92 Å². The van der Waals surface area contributed by atoms with Crippen LogP contribution in [0.4, 0.5) is 5.13 Å². The van der Waals surface area contributed by atoms with E-state index in [2.05, 4.69) is 59.9 Å². The summed E-state index contributed by atoms with van der Waals surface area (Å²) in [5.41, 5.74) is 5.56. The van der Waals surface area contributed by atoms with Gasteiger partial charge in [0.2, 0.25) is 0 Å². The summed E-state index contributed by atoms with van der Waals surface area (Å²) in [5.74, 6) is 0.394. The fourth-order valence-electron chi connectivity index (χ4n) is 4.24. The monoisotopic (exact) mass is 433 g/mol. The number of ether oxygens (including phenoxy) is 1. The number of amides is 1. The van der Waals surface area contributed by atoms with Crippen LogP contribution in [0.3, 0.4) is 0 Å². The van der Waals surface area contributed by atoms with Crippen molar-refractivity contribution in [3.63, 3.8) is 0 Å². The average Bonchev–Trinajstić information content (AvgIpc) is 3.22. The standard InChI is InChI=1S/C25H27N3O2S/c1-16-12-19(14-18-4-6-21(30-3)7-5-18)13-17(2)23(16)22-15-31-25(27-22)28-24(29)20-8-10-26-11-9-20/h4-6,8-13,15-16,21,23H,7,14H2,1-3H3,(H,27,28,29). The molecular weight excluding hydrogens is 406 g/mol. The second kappa shape index (κ2) is 9.54. The lowest BCUT2D eigenvalue weighted by Gasteiger charge is -2.27. The lowest BCUT2D eigenvalue weighted by Crippen LogP contribution is -2.15. The number of aromatic nitrogens is 2. The van der Waals surface area contributed by atoms with Gasteiger partial charge in [0, 0.05) is 36.4 Å². The molecule has 0 radical (unpaired) electrons. The number of anilines is 1. The van der Waals surface area contributed by atoms with E-state index in [0.29, 0.717) is 16.6 Å². The molecule has 31 heavy (non-hydrogen) atoms. The summed E-state index contributed by atoms with van der Waals surface area (Å²) in [6.45, 7) is 4.41. The van der Waals surface area contributed by atoms with Gasteiger partial charge in [-0.3, -0.25) is 15.1 Å². The summed E-state index contributed by atoms with van der Waals surface area (Å²) in [4.78, 5) is 21.1. The van der Waals surface area contributed by atoms with Crippen LogP contribution in [0.2, 0.25) is 0 Å². The highest BCUT2D eigenvalue weighted by atomic mass is 32.1. The van der Waals surface area contributed by atoms with Gasteiger partial charge in [-0.2, -0.15) is 0 Å². The molecule has 0 fully saturated rings. The molecule has 0 bridgehead atoms. The Labute approximate surface area is 187 Å². The van der Waals surface area contributed by atoms with Crippen LogP contribution in [0.15, 0.2) is 77.0 Å². The Kier molecular flexibility index (Phi) is 6.59. The Morgan fingerprint density at radius 3 is 2.77 bits per heavy atom. The Hall–Kier alpha value is -2.83. The van der Waals surface area contributed by atoms with Gasteiger partial charge in [0.25, 0.3) is 5.91 Å². The van der Waals surface area contributed by atoms with Gasteiger partial charge >= 0.3 is 0 Å². The molecule has 0 saturated carbocycles. The summed E-state index contributed by atoms with van der Waals surface area (Å²) >= 11 is 1.47. The minimum absolute atomic E-state index is 0.168. The summed E-state index contributed by atoms with van der Waals surface area (Å²) < 4.78 is 5.38. The van der Waals surface area contributed by atoms with E-state index in [0.717, 1.165) is 18.5 Å². The molecule has 2 aliphatic rings. The second-order valence-electron chi connectivity index (χ2n) is 8.06. The number of methoxy groups -OCH3 is 1. The highest BCUT2D eigenvalue weighted by molar-refractivity contribution is 7.14. The van der Waals surface area contributed by atoms with Crippen LogP contribution < -0.4 is 5.32 Å². The van der Waals surface area contributed by atoms with Crippen LogP contribution in [0.1, 0.15) is 48.7 Å². The maximum Gasteiger partial charge on any atom is 0.257 e. The van der Waals surface area contributed by atoms with Crippen molar-refractivity contribution in [3.05, 3.63) is 88.3 Å². The molecule has 6 heteroatoms. The van der Waals surface area contributed by atoms with Crippen LogP contribution >= 0.6 is 11.3 Å². The van der Waals surface area contributed by atoms with Crippen LogP contribution in [-0.2, 0) is 4.74 Å². The highest BCUT2D eigenvalue weighted by Crippen LogP contribution is 2.39. The number of nitrogens with zero attached hydrogens (tertiary/aromatic N) is 2. The summed E-state index contributed by atoms with van der Waals surface area (Å²) in [7, 11) is 1.75. The minimum atomic E-state index is -0.168. The molecule has 5 nitrogen and oxygen atoms in total. The van der Waals surface area contributed by atoms with Gasteiger partial charge in [-0.1, -0.05) is 42.9 Å². The molecule has 2 aromatic rings. The summed E-state index contributed by atoms with van der Waals surface area (Å²) in [6, 6.07) is 3.39. The first-order chi connectivity index (χ1) is 15.0. The molecule has 2 heterocycles. The maximum atomic E-state index is 12.4. The van der Waals surface area contributed by atoms with E-state index < -0.39 is 0 Å². The number of thiazole rings is 1. The number of nitrogens with one attached hydrogen (secondary N) is 1. The predicted molar refractivity (Wildman–Crippen MR) is 125 cm³/mol. The first-order valence-electron chi connectivity index (χ1n) is 10.5.